The fourth-order valence-electron chi connectivity index (χ4n) is 3.75. The first-order valence-electron chi connectivity index (χ1n) is 11.4. The predicted octanol–water partition coefficient (Wildman–Crippen LogP) is 4.39. The number of rotatable bonds is 8. The van der Waals surface area contributed by atoms with Crippen LogP contribution in [-0.2, 0) is 6.18 Å². The SMILES string of the molecule is COc1cc(Nc2ncc(-c3cnc(-n4cccn4)c(C(=O)O)c3)c(-n3ccc(C(F)(F)F)n3)n2)cc(OC)c1. The number of alkyl halides is 3. The fraction of sp³-hybridized carbons (Fsp3) is 0.120. The molecule has 12 nitrogen and oxygen atoms in total. The zero-order valence-electron chi connectivity index (χ0n) is 20.8. The van der Waals surface area contributed by atoms with Crippen LogP contribution in [-0.4, -0.2) is 59.8 Å². The minimum atomic E-state index is -4.69. The number of aromatic nitrogens is 7. The lowest BCUT2D eigenvalue weighted by molar-refractivity contribution is -0.141. The molecule has 0 saturated carbocycles. The molecule has 4 aromatic heterocycles. The maximum atomic E-state index is 13.3. The van der Waals surface area contributed by atoms with Gasteiger partial charge in [-0.1, -0.05) is 0 Å². The maximum Gasteiger partial charge on any atom is 0.435 e. The van der Waals surface area contributed by atoms with E-state index in [-0.39, 0.29) is 34.3 Å². The molecule has 2 N–H and O–H groups in total. The summed E-state index contributed by atoms with van der Waals surface area (Å²) in [6.45, 7) is 0. The molecule has 0 spiro atoms. The number of aromatic carboxylic acids is 1. The monoisotopic (exact) mass is 552 g/mol. The highest BCUT2D eigenvalue weighted by atomic mass is 19.4. The average Bonchev–Trinajstić information content (AvgIpc) is 3.65. The first kappa shape index (κ1) is 26.1. The summed E-state index contributed by atoms with van der Waals surface area (Å²) in [5.41, 5.74) is -0.462. The van der Waals surface area contributed by atoms with Crippen LogP contribution in [0, 0.1) is 0 Å². The van der Waals surface area contributed by atoms with Crippen LogP contribution in [0.25, 0.3) is 22.8 Å². The maximum absolute atomic E-state index is 13.3. The van der Waals surface area contributed by atoms with E-state index >= 15 is 0 Å². The zero-order valence-corrected chi connectivity index (χ0v) is 20.8. The van der Waals surface area contributed by atoms with Gasteiger partial charge in [-0.25, -0.2) is 24.1 Å². The smallest absolute Gasteiger partial charge is 0.435 e. The Labute approximate surface area is 223 Å². The van der Waals surface area contributed by atoms with E-state index in [1.165, 1.54) is 49.8 Å². The van der Waals surface area contributed by atoms with Crippen LogP contribution in [0.15, 0.2) is 67.4 Å². The number of halogens is 3. The summed E-state index contributed by atoms with van der Waals surface area (Å²) in [7, 11) is 2.96. The van der Waals surface area contributed by atoms with Crippen LogP contribution in [0.1, 0.15) is 16.1 Å². The predicted molar refractivity (Wildman–Crippen MR) is 134 cm³/mol. The Morgan fingerprint density at radius 2 is 1.73 bits per heavy atom. The molecule has 0 amide bonds. The van der Waals surface area contributed by atoms with Gasteiger partial charge in [0.2, 0.25) is 5.95 Å². The molecule has 0 bridgehead atoms. The number of methoxy groups -OCH3 is 2. The number of carboxylic acid groups (broad SMARTS) is 1. The highest BCUT2D eigenvalue weighted by Crippen LogP contribution is 2.32. The van der Waals surface area contributed by atoms with Gasteiger partial charge in [-0.3, -0.25) is 0 Å². The lowest BCUT2D eigenvalue weighted by atomic mass is 10.1. The molecule has 5 aromatic rings. The quantitative estimate of drug-likeness (QED) is 0.285. The fourth-order valence-corrected chi connectivity index (χ4v) is 3.75. The van der Waals surface area contributed by atoms with Crippen molar-refractivity contribution in [1.29, 1.82) is 0 Å². The van der Waals surface area contributed by atoms with Crippen LogP contribution >= 0.6 is 0 Å². The summed E-state index contributed by atoms with van der Waals surface area (Å²) >= 11 is 0. The molecule has 0 saturated heterocycles. The highest BCUT2D eigenvalue weighted by Gasteiger charge is 2.34. The number of hydrogen-bond acceptors (Lipinski definition) is 9. The Balaban J connectivity index is 1.63. The first-order chi connectivity index (χ1) is 19.2. The van der Waals surface area contributed by atoms with E-state index in [1.54, 1.807) is 24.3 Å². The number of benzene rings is 1. The molecule has 40 heavy (non-hydrogen) atoms. The largest absolute Gasteiger partial charge is 0.497 e. The van der Waals surface area contributed by atoms with Gasteiger partial charge in [-0.15, -0.1) is 0 Å². The lowest BCUT2D eigenvalue weighted by Gasteiger charge is -2.14. The second kappa shape index (κ2) is 10.4. The van der Waals surface area contributed by atoms with Crippen LogP contribution in [0.2, 0.25) is 0 Å². The van der Waals surface area contributed by atoms with E-state index in [0.717, 1.165) is 16.9 Å². The summed E-state index contributed by atoms with van der Waals surface area (Å²) in [5.74, 6) is -0.334. The molecule has 15 heteroatoms. The summed E-state index contributed by atoms with van der Waals surface area (Å²) in [6, 6.07) is 8.66. The van der Waals surface area contributed by atoms with Crippen molar-refractivity contribution in [3.63, 3.8) is 0 Å². The van der Waals surface area contributed by atoms with Crippen molar-refractivity contribution in [2.75, 3.05) is 19.5 Å². The van der Waals surface area contributed by atoms with Gasteiger partial charge < -0.3 is 19.9 Å². The van der Waals surface area contributed by atoms with Crippen molar-refractivity contribution in [2.24, 2.45) is 0 Å². The average molecular weight is 552 g/mol. The third-order valence-corrected chi connectivity index (χ3v) is 5.60. The van der Waals surface area contributed by atoms with Gasteiger partial charge in [-0.05, 0) is 18.2 Å². The molecule has 0 aliphatic heterocycles. The number of pyridine rings is 1. The van der Waals surface area contributed by atoms with Crippen molar-refractivity contribution in [3.05, 3.63) is 78.6 Å². The molecule has 1 aromatic carbocycles. The van der Waals surface area contributed by atoms with E-state index in [4.69, 9.17) is 9.47 Å². The molecule has 0 unspecified atom stereocenters. The first-order valence-corrected chi connectivity index (χ1v) is 11.4. The Bertz CT molecular complexity index is 1660. The summed E-state index contributed by atoms with van der Waals surface area (Å²) in [6.07, 6.45) is 2.07. The van der Waals surface area contributed by atoms with E-state index in [0.29, 0.717) is 17.2 Å². The van der Waals surface area contributed by atoms with Crippen LogP contribution in [0.4, 0.5) is 24.8 Å². The van der Waals surface area contributed by atoms with Crippen molar-refractivity contribution in [2.45, 2.75) is 6.18 Å². The number of hydrogen-bond donors (Lipinski definition) is 2. The minimum Gasteiger partial charge on any atom is -0.497 e. The van der Waals surface area contributed by atoms with Crippen molar-refractivity contribution < 1.29 is 32.5 Å². The second-order valence-electron chi connectivity index (χ2n) is 8.15. The molecular weight excluding hydrogens is 533 g/mol. The Hall–Kier alpha value is -5.47. The molecule has 5 rings (SSSR count). The molecule has 0 aliphatic carbocycles. The number of anilines is 2. The van der Waals surface area contributed by atoms with E-state index in [1.807, 2.05) is 0 Å². The number of nitrogens with one attached hydrogen (secondary N) is 1. The van der Waals surface area contributed by atoms with Crippen LogP contribution in [0.3, 0.4) is 0 Å². The van der Waals surface area contributed by atoms with Crippen molar-refractivity contribution in [3.8, 4) is 34.3 Å². The van der Waals surface area contributed by atoms with Crippen molar-refractivity contribution in [1.82, 2.24) is 34.5 Å². The normalized spacial score (nSPS) is 11.3. The van der Waals surface area contributed by atoms with Gasteiger partial charge >= 0.3 is 12.1 Å². The number of carbonyl (C=O) groups is 1. The van der Waals surface area contributed by atoms with E-state index in [2.05, 4.69) is 30.5 Å². The molecular formula is C25H19F3N8O4. The second-order valence-corrected chi connectivity index (χ2v) is 8.15. The topological polar surface area (TPSA) is 142 Å². The molecule has 0 fully saturated rings. The number of nitrogens with zero attached hydrogens (tertiary/aromatic N) is 7. The summed E-state index contributed by atoms with van der Waals surface area (Å²) < 4.78 is 52.8. The van der Waals surface area contributed by atoms with Gasteiger partial charge in [0, 0.05) is 66.0 Å². The third kappa shape index (κ3) is 5.24. The number of ether oxygens (including phenoxy) is 2. The lowest BCUT2D eigenvalue weighted by Crippen LogP contribution is -2.11. The summed E-state index contributed by atoms with van der Waals surface area (Å²) in [5, 5.41) is 20.5. The van der Waals surface area contributed by atoms with Gasteiger partial charge in [0.15, 0.2) is 17.3 Å². The summed E-state index contributed by atoms with van der Waals surface area (Å²) in [4.78, 5) is 25.0. The Kier molecular flexibility index (Phi) is 6.77. The van der Waals surface area contributed by atoms with Gasteiger partial charge in [-0.2, -0.15) is 28.4 Å². The minimum absolute atomic E-state index is 0.0118. The standard InChI is InChI=1S/C25H19F3N8O4/c1-39-16-9-15(10-17(11-16)40-2)32-24-30-13-19(22(33-24)36-7-4-20(34-36)25(26,27)28)14-8-18(23(37)38)21(29-12-14)35-6-3-5-31-35/h3-13H,1-2H3,(H,37,38)(H,30,32,33). The van der Waals surface area contributed by atoms with E-state index < -0.39 is 17.8 Å². The van der Waals surface area contributed by atoms with Crippen LogP contribution in [0.5, 0.6) is 11.5 Å². The molecule has 0 radical (unpaired) electrons. The molecule has 204 valence electrons. The third-order valence-electron chi connectivity index (χ3n) is 5.60. The Morgan fingerprint density at radius 1 is 0.975 bits per heavy atom. The van der Waals surface area contributed by atoms with Gasteiger partial charge in [0.05, 0.1) is 14.2 Å². The Morgan fingerprint density at radius 3 is 2.33 bits per heavy atom. The van der Waals surface area contributed by atoms with Gasteiger partial charge in [0.1, 0.15) is 17.1 Å². The molecule has 4 heterocycles. The molecule has 0 aliphatic rings. The number of carboxylic acids is 1. The zero-order chi connectivity index (χ0) is 28.4. The van der Waals surface area contributed by atoms with Crippen molar-refractivity contribution >= 4 is 17.6 Å². The highest BCUT2D eigenvalue weighted by molar-refractivity contribution is 5.93. The molecule has 0 atom stereocenters. The van der Waals surface area contributed by atoms with Gasteiger partial charge in [0.25, 0.3) is 0 Å². The van der Waals surface area contributed by atoms with E-state index in [9.17, 15) is 23.1 Å². The van der Waals surface area contributed by atoms with Crippen LogP contribution < -0.4 is 14.8 Å².